The number of pyridine rings is 1. The zero-order chi connectivity index (χ0) is 28.5. The van der Waals surface area contributed by atoms with Crippen LogP contribution in [0.15, 0.2) is 46.2 Å². The number of anilines is 2. The molecule has 11 nitrogen and oxygen atoms in total. The fourth-order valence-electron chi connectivity index (χ4n) is 6.01. The van der Waals surface area contributed by atoms with Gasteiger partial charge in [-0.1, -0.05) is 31.4 Å². The van der Waals surface area contributed by atoms with Crippen molar-refractivity contribution >= 4 is 38.3 Å². The quantitative estimate of drug-likeness (QED) is 0.446. The standard InChI is InChI=1S/C28H35N7O4S/c1-33(2)40(38,39)23-11-7-6-10-21(23)31-25-24-22(12-17-30-26(24)36)35(32-25)28(13-16-29)14-18-34(19-15-28)27(37)20-8-4-3-5-9-20/h6-7,10-12,17,20H,3-5,8-9,13-15,18-19H2,1-2H3,(H,30,36)(H,31,32). The van der Waals surface area contributed by atoms with Gasteiger partial charge in [0.25, 0.3) is 5.56 Å². The van der Waals surface area contributed by atoms with Crippen LogP contribution < -0.4 is 10.9 Å². The minimum atomic E-state index is -3.78. The summed E-state index contributed by atoms with van der Waals surface area (Å²) in [5.41, 5.74) is -0.273. The molecule has 0 spiro atoms. The van der Waals surface area contributed by atoms with Gasteiger partial charge in [-0.05, 0) is 43.9 Å². The number of likely N-dealkylation sites (tertiary alicyclic amines) is 1. The number of rotatable bonds is 7. The van der Waals surface area contributed by atoms with Crippen molar-refractivity contribution in [2.24, 2.45) is 5.92 Å². The van der Waals surface area contributed by atoms with Crippen LogP contribution in [0.3, 0.4) is 0 Å². The number of fused-ring (bicyclic) bond motifs is 1. The van der Waals surface area contributed by atoms with Gasteiger partial charge in [0, 0.05) is 39.3 Å². The van der Waals surface area contributed by atoms with Crippen LogP contribution in [0.4, 0.5) is 11.5 Å². The summed E-state index contributed by atoms with van der Waals surface area (Å²) in [7, 11) is -0.867. The Kier molecular flexibility index (Phi) is 7.70. The molecular weight excluding hydrogens is 530 g/mol. The number of sulfonamides is 1. The van der Waals surface area contributed by atoms with Gasteiger partial charge >= 0.3 is 0 Å². The number of carbonyl (C=O) groups is 1. The summed E-state index contributed by atoms with van der Waals surface area (Å²) in [6.45, 7) is 1.02. The fourth-order valence-corrected chi connectivity index (χ4v) is 7.05. The summed E-state index contributed by atoms with van der Waals surface area (Å²) < 4.78 is 28.8. The van der Waals surface area contributed by atoms with Gasteiger partial charge in [0.15, 0.2) is 5.82 Å². The molecule has 1 saturated carbocycles. The Morgan fingerprint density at radius 1 is 1.18 bits per heavy atom. The molecule has 3 aromatic rings. The molecule has 5 rings (SSSR count). The molecule has 1 aliphatic heterocycles. The molecular formula is C28H35N7O4S. The molecule has 1 amide bonds. The van der Waals surface area contributed by atoms with Crippen molar-refractivity contribution < 1.29 is 13.2 Å². The second kappa shape index (κ2) is 11.1. The Morgan fingerprint density at radius 3 is 2.55 bits per heavy atom. The first kappa shape index (κ1) is 27.9. The maximum absolute atomic E-state index is 13.2. The third kappa shape index (κ3) is 4.99. The summed E-state index contributed by atoms with van der Waals surface area (Å²) in [5.74, 6) is 0.486. The Balaban J connectivity index is 1.52. The molecule has 0 atom stereocenters. The maximum atomic E-state index is 13.2. The summed E-state index contributed by atoms with van der Waals surface area (Å²) in [6, 6.07) is 10.5. The van der Waals surface area contributed by atoms with Gasteiger partial charge < -0.3 is 15.2 Å². The van der Waals surface area contributed by atoms with Crippen molar-refractivity contribution in [3.63, 3.8) is 0 Å². The molecule has 0 radical (unpaired) electrons. The Labute approximate surface area is 233 Å². The van der Waals surface area contributed by atoms with E-state index >= 15 is 0 Å². The van der Waals surface area contributed by atoms with Gasteiger partial charge in [0.05, 0.1) is 29.2 Å². The molecule has 1 saturated heterocycles. The molecule has 3 heterocycles. The molecule has 12 heteroatoms. The molecule has 1 aliphatic carbocycles. The van der Waals surface area contributed by atoms with Crippen molar-refractivity contribution in [2.45, 2.75) is 61.8 Å². The van der Waals surface area contributed by atoms with Crippen molar-refractivity contribution in [1.82, 2.24) is 24.0 Å². The molecule has 0 bridgehead atoms. The van der Waals surface area contributed by atoms with E-state index in [4.69, 9.17) is 5.10 Å². The minimum Gasteiger partial charge on any atom is -0.342 e. The number of nitrogens with one attached hydrogen (secondary N) is 2. The summed E-state index contributed by atoms with van der Waals surface area (Å²) in [4.78, 5) is 30.9. The van der Waals surface area contributed by atoms with Crippen LogP contribution in [0.2, 0.25) is 0 Å². The average Bonchev–Trinajstić information content (AvgIpc) is 3.34. The number of carbonyl (C=O) groups excluding carboxylic acids is 1. The highest BCUT2D eigenvalue weighted by Crippen LogP contribution is 2.39. The van der Waals surface area contributed by atoms with E-state index < -0.39 is 15.6 Å². The Morgan fingerprint density at radius 2 is 1.88 bits per heavy atom. The predicted octanol–water partition coefficient (Wildman–Crippen LogP) is 3.53. The lowest BCUT2D eigenvalue weighted by atomic mass is 9.83. The van der Waals surface area contributed by atoms with Crippen molar-refractivity contribution in [3.05, 3.63) is 46.9 Å². The van der Waals surface area contributed by atoms with E-state index in [1.807, 2.05) is 4.90 Å². The van der Waals surface area contributed by atoms with E-state index in [1.54, 1.807) is 35.1 Å². The number of nitriles is 1. The van der Waals surface area contributed by atoms with E-state index in [-0.39, 0.29) is 45.6 Å². The number of aromatic amines is 1. The first-order valence-electron chi connectivity index (χ1n) is 13.7. The van der Waals surface area contributed by atoms with Crippen molar-refractivity contribution in [3.8, 4) is 6.07 Å². The SMILES string of the molecule is CN(C)S(=O)(=O)c1ccccc1Nc1nn(C2(CC#N)CCN(C(=O)C3CCCCC3)CC2)c2cc[nH]c(=O)c12. The third-order valence-corrected chi connectivity index (χ3v) is 10.2. The van der Waals surface area contributed by atoms with Crippen LogP contribution in [-0.4, -0.2) is 65.5 Å². The highest BCUT2D eigenvalue weighted by molar-refractivity contribution is 7.89. The summed E-state index contributed by atoms with van der Waals surface area (Å²) in [5, 5.41) is 18.0. The van der Waals surface area contributed by atoms with E-state index in [0.29, 0.717) is 31.4 Å². The van der Waals surface area contributed by atoms with E-state index in [0.717, 1.165) is 30.0 Å². The second-order valence-electron chi connectivity index (χ2n) is 11.0. The topological polar surface area (TPSA) is 144 Å². The number of H-pyrrole nitrogens is 1. The minimum absolute atomic E-state index is 0.0522. The maximum Gasteiger partial charge on any atom is 0.261 e. The number of aromatic nitrogens is 3. The summed E-state index contributed by atoms with van der Waals surface area (Å²) in [6.07, 6.45) is 7.97. The Hall–Kier alpha value is -3.69. The van der Waals surface area contributed by atoms with Gasteiger partial charge in [-0.2, -0.15) is 10.4 Å². The number of piperidine rings is 1. The van der Waals surface area contributed by atoms with Crippen LogP contribution >= 0.6 is 0 Å². The van der Waals surface area contributed by atoms with Gasteiger partial charge in [0.1, 0.15) is 10.3 Å². The summed E-state index contributed by atoms with van der Waals surface area (Å²) >= 11 is 0. The molecule has 212 valence electrons. The molecule has 1 aromatic carbocycles. The number of amides is 1. The first-order valence-corrected chi connectivity index (χ1v) is 15.2. The lowest BCUT2D eigenvalue weighted by molar-refractivity contribution is -0.138. The lowest BCUT2D eigenvalue weighted by Crippen LogP contribution is -2.50. The van der Waals surface area contributed by atoms with Crippen LogP contribution in [0.25, 0.3) is 10.9 Å². The molecule has 2 aliphatic rings. The third-order valence-electron chi connectivity index (χ3n) is 8.32. The van der Waals surface area contributed by atoms with Crippen LogP contribution in [0.5, 0.6) is 0 Å². The average molecular weight is 566 g/mol. The van der Waals surface area contributed by atoms with Crippen molar-refractivity contribution in [1.29, 1.82) is 5.26 Å². The Bertz CT molecular complexity index is 1610. The largest absolute Gasteiger partial charge is 0.342 e. The molecule has 40 heavy (non-hydrogen) atoms. The molecule has 2 N–H and O–H groups in total. The van der Waals surface area contributed by atoms with Gasteiger partial charge in [-0.3, -0.25) is 14.3 Å². The number of hydrogen-bond acceptors (Lipinski definition) is 7. The monoisotopic (exact) mass is 565 g/mol. The molecule has 0 unspecified atom stereocenters. The van der Waals surface area contributed by atoms with Crippen LogP contribution in [0, 0.1) is 17.2 Å². The lowest BCUT2D eigenvalue weighted by Gasteiger charge is -2.42. The van der Waals surface area contributed by atoms with Crippen molar-refractivity contribution in [2.75, 3.05) is 32.5 Å². The van der Waals surface area contributed by atoms with E-state index in [1.165, 1.54) is 26.6 Å². The van der Waals surface area contributed by atoms with Crippen LogP contribution in [-0.2, 0) is 20.4 Å². The van der Waals surface area contributed by atoms with Gasteiger partial charge in [0.2, 0.25) is 15.9 Å². The van der Waals surface area contributed by atoms with E-state index in [2.05, 4.69) is 16.4 Å². The number of hydrogen-bond donors (Lipinski definition) is 2. The number of benzene rings is 1. The highest BCUT2D eigenvalue weighted by atomic mass is 32.2. The van der Waals surface area contributed by atoms with Gasteiger partial charge in [-0.15, -0.1) is 0 Å². The first-order chi connectivity index (χ1) is 19.2. The normalized spacial score (nSPS) is 18.1. The number of nitrogens with zero attached hydrogens (tertiary/aromatic N) is 5. The number of para-hydroxylation sites is 1. The fraction of sp³-hybridized carbons (Fsp3) is 0.500. The molecule has 2 fully saturated rings. The van der Waals surface area contributed by atoms with Gasteiger partial charge in [-0.25, -0.2) is 12.7 Å². The molecule has 2 aromatic heterocycles. The zero-order valence-corrected chi connectivity index (χ0v) is 23.7. The highest BCUT2D eigenvalue weighted by Gasteiger charge is 2.41. The smallest absolute Gasteiger partial charge is 0.261 e. The van der Waals surface area contributed by atoms with E-state index in [9.17, 15) is 23.3 Å². The van der Waals surface area contributed by atoms with Crippen LogP contribution in [0.1, 0.15) is 51.4 Å². The second-order valence-corrected chi connectivity index (χ2v) is 13.1. The zero-order valence-electron chi connectivity index (χ0n) is 22.9. The predicted molar refractivity (Wildman–Crippen MR) is 152 cm³/mol.